The van der Waals surface area contributed by atoms with Gasteiger partial charge in [0.05, 0.1) is 11.6 Å². The third-order valence-corrected chi connectivity index (χ3v) is 6.08. The highest BCUT2D eigenvalue weighted by molar-refractivity contribution is 9.10. The van der Waals surface area contributed by atoms with Crippen LogP contribution in [-0.2, 0) is 25.5 Å². The number of benzene rings is 3. The fourth-order valence-corrected chi connectivity index (χ4v) is 4.37. The number of nitrogens with zero attached hydrogens (tertiary/aromatic N) is 1. The molecule has 0 saturated carbocycles. The van der Waals surface area contributed by atoms with Crippen LogP contribution in [0, 0.1) is 5.92 Å². The zero-order valence-corrected chi connectivity index (χ0v) is 19.2. The van der Waals surface area contributed by atoms with E-state index in [9.17, 15) is 14.4 Å². The van der Waals surface area contributed by atoms with Crippen LogP contribution in [0.2, 0.25) is 0 Å². The first-order chi connectivity index (χ1) is 15.5. The fraction of sp³-hybridized carbons (Fsp3) is 0.240. The minimum Gasteiger partial charge on any atom is -0.455 e. The standard InChI is InChI=1S/C25H23BrN2O4/c1-2-16-12-19(26)10-11-21(16)27-23(29)15-32-25(31)18-13-24(30)28(14-18)22-9-5-7-17-6-3-4-8-20(17)22/h3-12,18H,2,13-15H2,1H3,(H,27,29)/t18-/m0/s1. The predicted molar refractivity (Wildman–Crippen MR) is 128 cm³/mol. The lowest BCUT2D eigenvalue weighted by Gasteiger charge is -2.19. The second-order valence-corrected chi connectivity index (χ2v) is 8.63. The van der Waals surface area contributed by atoms with Crippen molar-refractivity contribution in [2.24, 2.45) is 5.92 Å². The molecule has 6 nitrogen and oxygen atoms in total. The van der Waals surface area contributed by atoms with Crippen LogP contribution in [-0.4, -0.2) is 30.9 Å². The molecule has 1 aliphatic heterocycles. The van der Waals surface area contributed by atoms with Gasteiger partial charge in [0.25, 0.3) is 5.91 Å². The highest BCUT2D eigenvalue weighted by Crippen LogP contribution is 2.32. The number of rotatable bonds is 6. The molecule has 7 heteroatoms. The van der Waals surface area contributed by atoms with E-state index in [1.807, 2.05) is 61.5 Å². The maximum absolute atomic E-state index is 12.6. The molecule has 2 amide bonds. The summed E-state index contributed by atoms with van der Waals surface area (Å²) in [4.78, 5) is 39.1. The van der Waals surface area contributed by atoms with E-state index >= 15 is 0 Å². The number of hydrogen-bond acceptors (Lipinski definition) is 4. The molecular weight excluding hydrogens is 472 g/mol. The van der Waals surface area contributed by atoms with Crippen LogP contribution in [0.4, 0.5) is 11.4 Å². The van der Waals surface area contributed by atoms with Gasteiger partial charge >= 0.3 is 5.97 Å². The first-order valence-electron chi connectivity index (χ1n) is 10.5. The molecule has 164 valence electrons. The van der Waals surface area contributed by atoms with Crippen LogP contribution in [0.5, 0.6) is 0 Å². The lowest BCUT2D eigenvalue weighted by molar-refractivity contribution is -0.151. The second kappa shape index (κ2) is 9.53. The van der Waals surface area contributed by atoms with Gasteiger partial charge < -0.3 is 15.0 Å². The smallest absolute Gasteiger partial charge is 0.311 e. The van der Waals surface area contributed by atoms with Crippen LogP contribution in [0.15, 0.2) is 65.1 Å². The molecule has 0 aromatic heterocycles. The van der Waals surface area contributed by atoms with E-state index in [0.29, 0.717) is 5.69 Å². The average Bonchev–Trinajstić information content (AvgIpc) is 3.19. The summed E-state index contributed by atoms with van der Waals surface area (Å²) in [5, 5.41) is 4.77. The van der Waals surface area contributed by atoms with Gasteiger partial charge in [0.1, 0.15) is 0 Å². The molecule has 3 aromatic rings. The SMILES string of the molecule is CCc1cc(Br)ccc1NC(=O)COC(=O)[C@H]1CC(=O)N(c2cccc3ccccc23)C1. The third kappa shape index (κ3) is 4.67. The monoisotopic (exact) mass is 494 g/mol. The van der Waals surface area contributed by atoms with Crippen molar-refractivity contribution >= 4 is 55.9 Å². The van der Waals surface area contributed by atoms with Gasteiger partial charge in [-0.3, -0.25) is 14.4 Å². The van der Waals surface area contributed by atoms with Crippen LogP contribution >= 0.6 is 15.9 Å². The summed E-state index contributed by atoms with van der Waals surface area (Å²) in [7, 11) is 0. The zero-order valence-electron chi connectivity index (χ0n) is 17.6. The van der Waals surface area contributed by atoms with E-state index in [-0.39, 0.29) is 18.9 Å². The molecule has 32 heavy (non-hydrogen) atoms. The molecule has 3 aromatic carbocycles. The van der Waals surface area contributed by atoms with Crippen LogP contribution in [0.1, 0.15) is 18.9 Å². The van der Waals surface area contributed by atoms with E-state index in [2.05, 4.69) is 21.2 Å². The van der Waals surface area contributed by atoms with E-state index in [0.717, 1.165) is 32.9 Å². The Morgan fingerprint density at radius 1 is 1.12 bits per heavy atom. The van der Waals surface area contributed by atoms with Crippen molar-refractivity contribution in [2.45, 2.75) is 19.8 Å². The second-order valence-electron chi connectivity index (χ2n) is 7.71. The normalized spacial score (nSPS) is 15.8. The molecule has 1 atom stereocenters. The molecule has 0 unspecified atom stereocenters. The first-order valence-corrected chi connectivity index (χ1v) is 11.3. The number of hydrogen-bond donors (Lipinski definition) is 1. The van der Waals surface area contributed by atoms with E-state index in [1.165, 1.54) is 0 Å². The molecule has 0 radical (unpaired) electrons. The molecule has 4 rings (SSSR count). The lowest BCUT2D eigenvalue weighted by Crippen LogP contribution is -2.28. The number of anilines is 2. The summed E-state index contributed by atoms with van der Waals surface area (Å²) in [6.45, 7) is 1.84. The van der Waals surface area contributed by atoms with Gasteiger partial charge in [-0.25, -0.2) is 0 Å². The summed E-state index contributed by atoms with van der Waals surface area (Å²) in [5.74, 6) is -1.68. The van der Waals surface area contributed by atoms with Gasteiger partial charge in [-0.2, -0.15) is 0 Å². The van der Waals surface area contributed by atoms with E-state index in [4.69, 9.17) is 4.74 Å². The maximum Gasteiger partial charge on any atom is 0.311 e. The largest absolute Gasteiger partial charge is 0.455 e. The summed E-state index contributed by atoms with van der Waals surface area (Å²) in [6.07, 6.45) is 0.819. The highest BCUT2D eigenvalue weighted by atomic mass is 79.9. The zero-order chi connectivity index (χ0) is 22.7. The Hall–Kier alpha value is -3.19. The Kier molecular flexibility index (Phi) is 6.55. The Balaban J connectivity index is 1.37. The van der Waals surface area contributed by atoms with Crippen molar-refractivity contribution in [3.05, 3.63) is 70.7 Å². The predicted octanol–water partition coefficient (Wildman–Crippen LogP) is 4.70. The minimum atomic E-state index is -0.604. The highest BCUT2D eigenvalue weighted by Gasteiger charge is 2.36. The molecule has 1 N–H and O–H groups in total. The van der Waals surface area contributed by atoms with Crippen LogP contribution in [0.25, 0.3) is 10.8 Å². The Morgan fingerprint density at radius 3 is 2.72 bits per heavy atom. The van der Waals surface area contributed by atoms with Crippen molar-refractivity contribution in [3.63, 3.8) is 0 Å². The number of ether oxygens (including phenoxy) is 1. The first kappa shape index (κ1) is 22.0. The van der Waals surface area contributed by atoms with Crippen molar-refractivity contribution in [3.8, 4) is 0 Å². The Morgan fingerprint density at radius 2 is 1.91 bits per heavy atom. The minimum absolute atomic E-state index is 0.0658. The molecule has 1 heterocycles. The van der Waals surface area contributed by atoms with Gasteiger partial charge in [0.15, 0.2) is 6.61 Å². The Labute approximate surface area is 194 Å². The molecule has 0 spiro atoms. The molecule has 0 aliphatic carbocycles. The number of carbonyl (C=O) groups is 3. The van der Waals surface area contributed by atoms with E-state index in [1.54, 1.807) is 11.0 Å². The van der Waals surface area contributed by atoms with Crippen molar-refractivity contribution in [2.75, 3.05) is 23.4 Å². The Bertz CT molecular complexity index is 1190. The summed E-state index contributed by atoms with van der Waals surface area (Å²) >= 11 is 3.42. The van der Waals surface area contributed by atoms with Gasteiger partial charge in [-0.15, -0.1) is 0 Å². The number of aryl methyl sites for hydroxylation is 1. The van der Waals surface area contributed by atoms with E-state index < -0.39 is 24.4 Å². The summed E-state index contributed by atoms with van der Waals surface area (Å²) < 4.78 is 6.17. The summed E-state index contributed by atoms with van der Waals surface area (Å²) in [5.41, 5.74) is 2.45. The lowest BCUT2D eigenvalue weighted by atomic mass is 10.1. The number of amides is 2. The van der Waals surface area contributed by atoms with Crippen molar-refractivity contribution in [1.82, 2.24) is 0 Å². The van der Waals surface area contributed by atoms with Crippen molar-refractivity contribution in [1.29, 1.82) is 0 Å². The number of carbonyl (C=O) groups excluding carboxylic acids is 3. The molecule has 1 aliphatic rings. The fourth-order valence-electron chi connectivity index (χ4n) is 3.96. The number of halogens is 1. The van der Waals surface area contributed by atoms with Crippen LogP contribution in [0.3, 0.4) is 0 Å². The van der Waals surface area contributed by atoms with Crippen molar-refractivity contribution < 1.29 is 19.1 Å². The van der Waals surface area contributed by atoms with Crippen LogP contribution < -0.4 is 10.2 Å². The van der Waals surface area contributed by atoms with Gasteiger partial charge in [-0.1, -0.05) is 59.3 Å². The molecule has 0 bridgehead atoms. The summed E-state index contributed by atoms with van der Waals surface area (Å²) in [6, 6.07) is 19.2. The van der Waals surface area contributed by atoms with Gasteiger partial charge in [0.2, 0.25) is 5.91 Å². The maximum atomic E-state index is 12.6. The van der Waals surface area contributed by atoms with Gasteiger partial charge in [0, 0.05) is 28.5 Å². The topological polar surface area (TPSA) is 75.7 Å². The molecule has 1 saturated heterocycles. The molecule has 1 fully saturated rings. The average molecular weight is 495 g/mol. The third-order valence-electron chi connectivity index (χ3n) is 5.58. The number of esters is 1. The number of fused-ring (bicyclic) bond motifs is 1. The van der Waals surface area contributed by atoms with Gasteiger partial charge in [-0.05, 0) is 41.6 Å². The quantitative estimate of drug-likeness (QED) is 0.504. The number of nitrogens with one attached hydrogen (secondary N) is 1. The molecular formula is C25H23BrN2O4.